The van der Waals surface area contributed by atoms with E-state index < -0.39 is 5.91 Å². The summed E-state index contributed by atoms with van der Waals surface area (Å²) in [6, 6.07) is 12.6. The lowest BCUT2D eigenvalue weighted by molar-refractivity contribution is -0.125. The monoisotopic (exact) mass is 328 g/mol. The maximum atomic E-state index is 12.0. The number of para-hydroxylation sites is 1. The van der Waals surface area contributed by atoms with Gasteiger partial charge in [0.05, 0.1) is 0 Å². The van der Waals surface area contributed by atoms with Gasteiger partial charge in [0.15, 0.2) is 5.76 Å². The maximum Gasteiger partial charge on any atom is 0.305 e. The number of rotatable bonds is 5. The van der Waals surface area contributed by atoms with Crippen molar-refractivity contribution in [2.24, 2.45) is 5.92 Å². The maximum absolute atomic E-state index is 12.0. The molecule has 1 aromatic carbocycles. The van der Waals surface area contributed by atoms with Gasteiger partial charge in [-0.2, -0.15) is 0 Å². The van der Waals surface area contributed by atoms with Crippen molar-refractivity contribution in [3.05, 3.63) is 54.0 Å². The summed E-state index contributed by atoms with van der Waals surface area (Å²) in [6.45, 7) is 0.228. The molecule has 0 saturated heterocycles. The molecule has 2 amide bonds. The van der Waals surface area contributed by atoms with Crippen LogP contribution in [0.15, 0.2) is 46.9 Å². The molecule has 0 unspecified atom stereocenters. The molecule has 1 aliphatic rings. The summed E-state index contributed by atoms with van der Waals surface area (Å²) in [5, 5.41) is 0. The van der Waals surface area contributed by atoms with Gasteiger partial charge in [-0.3, -0.25) is 20.4 Å². The van der Waals surface area contributed by atoms with Crippen molar-refractivity contribution in [1.82, 2.24) is 10.9 Å². The van der Waals surface area contributed by atoms with Gasteiger partial charge in [0.25, 0.3) is 0 Å². The van der Waals surface area contributed by atoms with Gasteiger partial charge in [0, 0.05) is 5.92 Å². The Hall–Kier alpha value is -2.76. The predicted octanol–water partition coefficient (Wildman–Crippen LogP) is 2.81. The second-order valence-electron chi connectivity index (χ2n) is 5.79. The van der Waals surface area contributed by atoms with Gasteiger partial charge in [-0.1, -0.05) is 31.0 Å². The smallest absolute Gasteiger partial charge is 0.305 e. The Balaban J connectivity index is 1.47. The quantitative estimate of drug-likeness (QED) is 0.827. The van der Waals surface area contributed by atoms with E-state index in [0.29, 0.717) is 5.76 Å². The van der Waals surface area contributed by atoms with E-state index in [1.807, 2.05) is 30.3 Å². The van der Waals surface area contributed by atoms with Gasteiger partial charge < -0.3 is 9.15 Å². The molecule has 1 fully saturated rings. The van der Waals surface area contributed by atoms with Gasteiger partial charge in [-0.25, -0.2) is 0 Å². The van der Waals surface area contributed by atoms with E-state index in [1.54, 1.807) is 12.1 Å². The van der Waals surface area contributed by atoms with Crippen LogP contribution in [-0.4, -0.2) is 11.8 Å². The van der Waals surface area contributed by atoms with E-state index in [1.165, 1.54) is 0 Å². The van der Waals surface area contributed by atoms with E-state index in [2.05, 4.69) is 10.9 Å². The number of carbonyl (C=O) groups is 2. The summed E-state index contributed by atoms with van der Waals surface area (Å²) in [4.78, 5) is 23.9. The average molecular weight is 328 g/mol. The summed E-state index contributed by atoms with van der Waals surface area (Å²) in [5.41, 5.74) is 4.85. The lowest BCUT2D eigenvalue weighted by Gasteiger charge is -2.10. The van der Waals surface area contributed by atoms with Crippen LogP contribution in [0.25, 0.3) is 0 Å². The standard InChI is InChI=1S/C18H20N2O4/c21-17(13-6-4-5-7-13)19-20-18(22)16-11-10-15(24-16)12-23-14-8-2-1-3-9-14/h1-3,8-11,13H,4-7,12H2,(H,19,21)(H,20,22). The van der Waals surface area contributed by atoms with Crippen molar-refractivity contribution in [3.63, 3.8) is 0 Å². The molecule has 0 aliphatic heterocycles. The summed E-state index contributed by atoms with van der Waals surface area (Å²) < 4.78 is 11.0. The third kappa shape index (κ3) is 4.16. The summed E-state index contributed by atoms with van der Waals surface area (Å²) in [6.07, 6.45) is 3.89. The molecule has 0 radical (unpaired) electrons. The van der Waals surface area contributed by atoms with Gasteiger partial charge in [0.1, 0.15) is 18.1 Å². The first-order valence-electron chi connectivity index (χ1n) is 8.09. The third-order valence-corrected chi connectivity index (χ3v) is 4.03. The summed E-state index contributed by atoms with van der Waals surface area (Å²) >= 11 is 0. The van der Waals surface area contributed by atoms with Crippen molar-refractivity contribution in [2.75, 3.05) is 0 Å². The van der Waals surface area contributed by atoms with Crippen LogP contribution in [0.3, 0.4) is 0 Å². The third-order valence-electron chi connectivity index (χ3n) is 4.03. The number of benzene rings is 1. The number of hydrogen-bond acceptors (Lipinski definition) is 4. The largest absolute Gasteiger partial charge is 0.486 e. The average Bonchev–Trinajstić information content (AvgIpc) is 3.30. The fraction of sp³-hybridized carbons (Fsp3) is 0.333. The number of hydrazine groups is 1. The molecule has 6 heteroatoms. The van der Waals surface area contributed by atoms with Crippen LogP contribution in [0.1, 0.15) is 42.0 Å². The van der Waals surface area contributed by atoms with Gasteiger partial charge >= 0.3 is 5.91 Å². The molecule has 126 valence electrons. The summed E-state index contributed by atoms with van der Waals surface area (Å²) in [5.74, 6) is 0.771. The lowest BCUT2D eigenvalue weighted by Crippen LogP contribution is -2.44. The van der Waals surface area contributed by atoms with Crippen molar-refractivity contribution in [3.8, 4) is 5.75 Å². The summed E-state index contributed by atoms with van der Waals surface area (Å²) in [7, 11) is 0. The van der Waals surface area contributed by atoms with Crippen LogP contribution in [0.4, 0.5) is 0 Å². The molecular formula is C18H20N2O4. The number of hydrogen-bond donors (Lipinski definition) is 2. The van der Waals surface area contributed by atoms with E-state index >= 15 is 0 Å². The Morgan fingerprint density at radius 1 is 1.04 bits per heavy atom. The van der Waals surface area contributed by atoms with Crippen LogP contribution >= 0.6 is 0 Å². The zero-order valence-electron chi connectivity index (χ0n) is 13.3. The van der Waals surface area contributed by atoms with Crippen LogP contribution in [0.5, 0.6) is 5.75 Å². The minimum absolute atomic E-state index is 0.00302. The van der Waals surface area contributed by atoms with Crippen LogP contribution in [-0.2, 0) is 11.4 Å². The Morgan fingerprint density at radius 3 is 2.54 bits per heavy atom. The Labute approximate surface area is 140 Å². The fourth-order valence-corrected chi connectivity index (χ4v) is 2.72. The zero-order valence-corrected chi connectivity index (χ0v) is 13.3. The molecule has 1 heterocycles. The highest BCUT2D eigenvalue weighted by molar-refractivity contribution is 5.93. The van der Waals surface area contributed by atoms with Gasteiger partial charge in [-0.15, -0.1) is 0 Å². The normalized spacial score (nSPS) is 14.3. The molecule has 0 atom stereocenters. The minimum Gasteiger partial charge on any atom is -0.486 e. The van der Waals surface area contributed by atoms with Crippen molar-refractivity contribution >= 4 is 11.8 Å². The zero-order chi connectivity index (χ0) is 16.8. The number of amides is 2. The number of nitrogens with one attached hydrogen (secondary N) is 2. The van der Waals surface area contributed by atoms with Crippen LogP contribution < -0.4 is 15.6 Å². The SMILES string of the molecule is O=C(NNC(=O)C1CCCC1)c1ccc(COc2ccccc2)o1. The second-order valence-corrected chi connectivity index (χ2v) is 5.79. The first kappa shape index (κ1) is 16.1. The van der Waals surface area contributed by atoms with Gasteiger partial charge in [0.2, 0.25) is 5.91 Å². The molecule has 24 heavy (non-hydrogen) atoms. The highest BCUT2D eigenvalue weighted by Crippen LogP contribution is 2.24. The molecule has 1 aromatic heterocycles. The molecule has 6 nitrogen and oxygen atoms in total. The predicted molar refractivity (Wildman–Crippen MR) is 87.0 cm³/mol. The van der Waals surface area contributed by atoms with E-state index in [4.69, 9.17) is 9.15 Å². The second kappa shape index (κ2) is 7.68. The minimum atomic E-state index is -0.479. The van der Waals surface area contributed by atoms with E-state index in [9.17, 15) is 9.59 Å². The number of furan rings is 1. The Morgan fingerprint density at radius 2 is 1.79 bits per heavy atom. The first-order chi connectivity index (χ1) is 11.7. The molecule has 2 aromatic rings. The van der Waals surface area contributed by atoms with Crippen molar-refractivity contribution in [1.29, 1.82) is 0 Å². The lowest BCUT2D eigenvalue weighted by atomic mass is 10.1. The Kier molecular flexibility index (Phi) is 5.15. The van der Waals surface area contributed by atoms with Gasteiger partial charge in [-0.05, 0) is 37.1 Å². The Bertz CT molecular complexity index is 690. The van der Waals surface area contributed by atoms with Crippen molar-refractivity contribution < 1.29 is 18.7 Å². The molecule has 2 N–H and O–H groups in total. The number of carbonyl (C=O) groups excluding carboxylic acids is 2. The molecular weight excluding hydrogens is 308 g/mol. The molecule has 0 bridgehead atoms. The number of ether oxygens (including phenoxy) is 1. The highest BCUT2D eigenvalue weighted by atomic mass is 16.5. The highest BCUT2D eigenvalue weighted by Gasteiger charge is 2.23. The molecule has 3 rings (SSSR count). The molecule has 0 spiro atoms. The fourth-order valence-electron chi connectivity index (χ4n) is 2.72. The van der Waals surface area contributed by atoms with Crippen molar-refractivity contribution in [2.45, 2.75) is 32.3 Å². The van der Waals surface area contributed by atoms with Crippen LogP contribution in [0, 0.1) is 5.92 Å². The molecule has 1 aliphatic carbocycles. The van der Waals surface area contributed by atoms with E-state index in [0.717, 1.165) is 31.4 Å². The molecule has 1 saturated carbocycles. The van der Waals surface area contributed by atoms with Crippen LogP contribution in [0.2, 0.25) is 0 Å². The van der Waals surface area contributed by atoms with E-state index in [-0.39, 0.29) is 24.2 Å². The first-order valence-corrected chi connectivity index (χ1v) is 8.09. The topological polar surface area (TPSA) is 80.6 Å².